The Bertz CT molecular complexity index is 1060. The fraction of sp³-hybridized carbons (Fsp3) is 0.621. The fourth-order valence-electron chi connectivity index (χ4n) is 5.51. The molecule has 202 valence electrons. The lowest BCUT2D eigenvalue weighted by molar-refractivity contribution is -0.0574. The molecule has 2 heterocycles. The van der Waals surface area contributed by atoms with Crippen LogP contribution in [0.4, 0.5) is 14.6 Å². The second-order valence-corrected chi connectivity index (χ2v) is 11.8. The number of benzene rings is 1. The number of halogens is 2. The molecule has 1 aromatic heterocycles. The van der Waals surface area contributed by atoms with Crippen molar-refractivity contribution < 1.29 is 13.6 Å². The molecule has 0 spiro atoms. The van der Waals surface area contributed by atoms with Gasteiger partial charge in [-0.05, 0) is 56.2 Å². The minimum atomic E-state index is -2.51. The largest absolute Gasteiger partial charge is 0.366 e. The third kappa shape index (κ3) is 6.64. The van der Waals surface area contributed by atoms with E-state index >= 15 is 0 Å². The highest BCUT2D eigenvalue weighted by Gasteiger charge is 2.38. The van der Waals surface area contributed by atoms with Gasteiger partial charge in [-0.1, -0.05) is 45.0 Å². The molecule has 1 N–H and O–H groups in total. The molecule has 0 unspecified atom stereocenters. The Balaban J connectivity index is 1.32. The normalized spacial score (nSPS) is 19.3. The van der Waals surface area contributed by atoms with Crippen LogP contribution in [-0.4, -0.2) is 63.8 Å². The SMILES string of the molecule is Cc1c(NCc2ccc(C(C)(C)C)cc2)ncnc1C(=O)N1CCC(N(C)C2CCC(F)(F)CC2)CC1. The van der Waals surface area contributed by atoms with Crippen LogP contribution in [0.3, 0.4) is 0 Å². The summed E-state index contributed by atoms with van der Waals surface area (Å²) in [5, 5.41) is 3.37. The molecule has 6 nitrogen and oxygen atoms in total. The van der Waals surface area contributed by atoms with Gasteiger partial charge in [0.25, 0.3) is 5.91 Å². The molecular weight excluding hydrogens is 472 g/mol. The molecule has 2 fully saturated rings. The number of hydrogen-bond donors (Lipinski definition) is 1. The van der Waals surface area contributed by atoms with Gasteiger partial charge in [0.05, 0.1) is 0 Å². The van der Waals surface area contributed by atoms with E-state index in [1.165, 1.54) is 11.9 Å². The van der Waals surface area contributed by atoms with E-state index in [0.717, 1.165) is 24.0 Å². The number of carbonyl (C=O) groups is 1. The number of likely N-dealkylation sites (tertiary alicyclic amines) is 1. The van der Waals surface area contributed by atoms with Crippen molar-refractivity contribution in [2.24, 2.45) is 0 Å². The zero-order valence-electron chi connectivity index (χ0n) is 22.9. The number of hydrogen-bond acceptors (Lipinski definition) is 5. The summed E-state index contributed by atoms with van der Waals surface area (Å²) in [6.07, 6.45) is 4.17. The number of anilines is 1. The van der Waals surface area contributed by atoms with Crippen LogP contribution < -0.4 is 5.32 Å². The Kier molecular flexibility index (Phi) is 8.17. The second-order valence-electron chi connectivity index (χ2n) is 11.8. The zero-order chi connectivity index (χ0) is 26.8. The average molecular weight is 514 g/mol. The number of aromatic nitrogens is 2. The second kappa shape index (κ2) is 11.0. The van der Waals surface area contributed by atoms with Crippen molar-refractivity contribution in [3.05, 3.63) is 53.0 Å². The monoisotopic (exact) mass is 513 g/mol. The molecule has 37 heavy (non-hydrogen) atoms. The van der Waals surface area contributed by atoms with Crippen LogP contribution in [0.2, 0.25) is 0 Å². The topological polar surface area (TPSA) is 61.4 Å². The molecular formula is C29H41F2N5O. The van der Waals surface area contributed by atoms with E-state index in [9.17, 15) is 13.6 Å². The number of rotatable bonds is 6. The maximum atomic E-state index is 13.6. The van der Waals surface area contributed by atoms with Gasteiger partial charge in [0.15, 0.2) is 0 Å². The highest BCUT2D eigenvalue weighted by atomic mass is 19.3. The van der Waals surface area contributed by atoms with Gasteiger partial charge in [-0.2, -0.15) is 0 Å². The molecule has 0 radical (unpaired) electrons. The summed E-state index contributed by atoms with van der Waals surface area (Å²) in [6.45, 7) is 10.4. The molecule has 1 aliphatic heterocycles. The first-order valence-electron chi connectivity index (χ1n) is 13.5. The van der Waals surface area contributed by atoms with Crippen LogP contribution in [0.1, 0.15) is 86.5 Å². The molecule has 1 aromatic carbocycles. The van der Waals surface area contributed by atoms with Crippen molar-refractivity contribution in [3.8, 4) is 0 Å². The van der Waals surface area contributed by atoms with Crippen LogP contribution in [0.15, 0.2) is 30.6 Å². The Morgan fingerprint density at radius 2 is 1.65 bits per heavy atom. The molecule has 8 heteroatoms. The smallest absolute Gasteiger partial charge is 0.272 e. The number of piperidine rings is 1. The Hall–Kier alpha value is -2.61. The number of carbonyl (C=O) groups excluding carboxylic acids is 1. The molecule has 1 saturated heterocycles. The summed E-state index contributed by atoms with van der Waals surface area (Å²) in [7, 11) is 2.06. The van der Waals surface area contributed by atoms with Crippen molar-refractivity contribution in [3.63, 3.8) is 0 Å². The van der Waals surface area contributed by atoms with Gasteiger partial charge in [-0.25, -0.2) is 18.7 Å². The average Bonchev–Trinajstić information content (AvgIpc) is 2.87. The van der Waals surface area contributed by atoms with Gasteiger partial charge in [-0.15, -0.1) is 0 Å². The van der Waals surface area contributed by atoms with Crippen molar-refractivity contribution in [1.29, 1.82) is 0 Å². The number of amides is 1. The van der Waals surface area contributed by atoms with Crippen LogP contribution in [-0.2, 0) is 12.0 Å². The van der Waals surface area contributed by atoms with Gasteiger partial charge >= 0.3 is 0 Å². The first kappa shape index (κ1) is 27.4. The standard InChI is InChI=1S/C29H41F2N5O/c1-20-25(33-19-34-26(20)32-18-21-6-8-22(9-7-21)28(2,3)4)27(37)36-16-12-24(13-17-36)35(5)23-10-14-29(30,31)15-11-23/h6-9,19,23-24H,10-18H2,1-5H3,(H,32,33,34). The van der Waals surface area contributed by atoms with E-state index in [1.54, 1.807) is 0 Å². The molecule has 4 rings (SSSR count). The lowest BCUT2D eigenvalue weighted by Crippen LogP contribution is -2.50. The zero-order valence-corrected chi connectivity index (χ0v) is 22.9. The van der Waals surface area contributed by atoms with Crippen molar-refractivity contribution in [2.75, 3.05) is 25.5 Å². The van der Waals surface area contributed by atoms with Crippen LogP contribution in [0.5, 0.6) is 0 Å². The highest BCUT2D eigenvalue weighted by Crippen LogP contribution is 2.36. The van der Waals surface area contributed by atoms with Gasteiger partial charge < -0.3 is 15.1 Å². The van der Waals surface area contributed by atoms with Gasteiger partial charge in [-0.3, -0.25) is 4.79 Å². The highest BCUT2D eigenvalue weighted by molar-refractivity contribution is 5.94. The molecule has 0 atom stereocenters. The lowest BCUT2D eigenvalue weighted by Gasteiger charge is -2.42. The maximum absolute atomic E-state index is 13.6. The predicted octanol–water partition coefficient (Wildman–Crippen LogP) is 5.81. The van der Waals surface area contributed by atoms with E-state index in [0.29, 0.717) is 50.0 Å². The summed E-state index contributed by atoms with van der Waals surface area (Å²) < 4.78 is 27.1. The van der Waals surface area contributed by atoms with Crippen molar-refractivity contribution in [1.82, 2.24) is 19.8 Å². The molecule has 2 aromatic rings. The van der Waals surface area contributed by atoms with Crippen LogP contribution >= 0.6 is 0 Å². The van der Waals surface area contributed by atoms with Crippen molar-refractivity contribution in [2.45, 2.75) is 96.2 Å². The van der Waals surface area contributed by atoms with Gasteiger partial charge in [0.2, 0.25) is 5.92 Å². The van der Waals surface area contributed by atoms with E-state index in [-0.39, 0.29) is 30.2 Å². The Morgan fingerprint density at radius 1 is 1.05 bits per heavy atom. The quantitative estimate of drug-likeness (QED) is 0.528. The first-order valence-corrected chi connectivity index (χ1v) is 13.5. The molecule has 1 saturated carbocycles. The first-order chi connectivity index (χ1) is 17.4. The van der Waals surface area contributed by atoms with E-state index in [1.807, 2.05) is 11.8 Å². The van der Waals surface area contributed by atoms with Gasteiger partial charge in [0.1, 0.15) is 17.8 Å². The summed E-state index contributed by atoms with van der Waals surface area (Å²) in [4.78, 5) is 26.2. The van der Waals surface area contributed by atoms with Gasteiger partial charge in [0, 0.05) is 50.1 Å². The maximum Gasteiger partial charge on any atom is 0.272 e. The number of alkyl halides is 2. The molecule has 1 amide bonds. The molecule has 1 aliphatic carbocycles. The number of nitrogens with zero attached hydrogens (tertiary/aromatic N) is 4. The predicted molar refractivity (Wildman–Crippen MR) is 143 cm³/mol. The summed E-state index contributed by atoms with van der Waals surface area (Å²) in [5.41, 5.74) is 3.73. The van der Waals surface area contributed by atoms with Crippen LogP contribution in [0.25, 0.3) is 0 Å². The third-order valence-corrected chi connectivity index (χ3v) is 8.16. The van der Waals surface area contributed by atoms with Crippen molar-refractivity contribution >= 4 is 11.7 Å². The van der Waals surface area contributed by atoms with E-state index < -0.39 is 5.92 Å². The summed E-state index contributed by atoms with van der Waals surface area (Å²) in [6, 6.07) is 9.07. The lowest BCUT2D eigenvalue weighted by atomic mass is 9.87. The Labute approximate surface area is 219 Å². The summed E-state index contributed by atoms with van der Waals surface area (Å²) >= 11 is 0. The minimum absolute atomic E-state index is 0.0229. The minimum Gasteiger partial charge on any atom is -0.366 e. The van der Waals surface area contributed by atoms with Crippen LogP contribution in [0, 0.1) is 6.92 Å². The molecule has 2 aliphatic rings. The summed E-state index contributed by atoms with van der Waals surface area (Å²) in [5.74, 6) is -1.91. The van der Waals surface area contributed by atoms with E-state index in [4.69, 9.17) is 0 Å². The molecule has 0 bridgehead atoms. The van der Waals surface area contributed by atoms with E-state index in [2.05, 4.69) is 72.3 Å². The number of nitrogens with one attached hydrogen (secondary N) is 1. The Morgan fingerprint density at radius 3 is 2.24 bits per heavy atom. The fourth-order valence-corrected chi connectivity index (χ4v) is 5.51. The third-order valence-electron chi connectivity index (χ3n) is 8.16.